The molecule has 21 heavy (non-hydrogen) atoms. The third-order valence-electron chi connectivity index (χ3n) is 4.01. The smallest absolute Gasteiger partial charge is 0.251 e. The summed E-state index contributed by atoms with van der Waals surface area (Å²) >= 11 is 0. The van der Waals surface area contributed by atoms with E-state index in [-0.39, 0.29) is 11.9 Å². The molecule has 1 fully saturated rings. The zero-order chi connectivity index (χ0) is 15.2. The Balaban J connectivity index is 1.86. The topological polar surface area (TPSA) is 52.6 Å². The first kappa shape index (κ1) is 16.0. The van der Waals surface area contributed by atoms with Crippen LogP contribution in [0.2, 0.25) is 0 Å². The number of hydrogen-bond acceptors (Lipinski definition) is 3. The molecule has 4 nitrogen and oxygen atoms in total. The van der Waals surface area contributed by atoms with E-state index in [2.05, 4.69) is 10.2 Å². The molecule has 0 bridgehead atoms. The number of rotatable bonds is 5. The molecular formula is C17H26N2O2. The zero-order valence-corrected chi connectivity index (χ0v) is 13.0. The number of carbonyl (C=O) groups excluding carboxylic acids is 1. The van der Waals surface area contributed by atoms with Gasteiger partial charge in [-0.05, 0) is 63.4 Å². The van der Waals surface area contributed by atoms with Crippen molar-refractivity contribution in [3.63, 3.8) is 0 Å². The van der Waals surface area contributed by atoms with Crippen LogP contribution in [0.3, 0.4) is 0 Å². The molecule has 0 aromatic heterocycles. The lowest BCUT2D eigenvalue weighted by Gasteiger charge is -2.31. The van der Waals surface area contributed by atoms with Crippen molar-refractivity contribution in [3.8, 4) is 0 Å². The molecule has 0 unspecified atom stereocenters. The van der Waals surface area contributed by atoms with Crippen LogP contribution in [-0.4, -0.2) is 41.7 Å². The van der Waals surface area contributed by atoms with Crippen LogP contribution in [0.25, 0.3) is 0 Å². The van der Waals surface area contributed by atoms with Gasteiger partial charge in [0.15, 0.2) is 0 Å². The average molecular weight is 290 g/mol. The maximum atomic E-state index is 11.9. The number of nitrogens with zero attached hydrogens (tertiary/aromatic N) is 1. The van der Waals surface area contributed by atoms with E-state index in [4.69, 9.17) is 5.11 Å². The minimum Gasteiger partial charge on any atom is -0.396 e. The number of aliphatic hydroxyl groups is 1. The van der Waals surface area contributed by atoms with Crippen molar-refractivity contribution in [3.05, 3.63) is 35.4 Å². The Hall–Kier alpha value is -1.39. The summed E-state index contributed by atoms with van der Waals surface area (Å²) in [4.78, 5) is 14.3. The van der Waals surface area contributed by atoms with Crippen molar-refractivity contribution in [2.45, 2.75) is 39.3 Å². The summed E-state index contributed by atoms with van der Waals surface area (Å²) in [6, 6.07) is 8.02. The summed E-state index contributed by atoms with van der Waals surface area (Å²) < 4.78 is 0. The first-order valence-electron chi connectivity index (χ1n) is 7.81. The molecule has 1 aliphatic rings. The third kappa shape index (κ3) is 4.83. The molecule has 0 saturated carbocycles. The van der Waals surface area contributed by atoms with Crippen molar-refractivity contribution >= 4 is 5.91 Å². The molecule has 1 aromatic carbocycles. The maximum Gasteiger partial charge on any atom is 0.251 e. The number of amides is 1. The number of nitrogens with one attached hydrogen (secondary N) is 1. The Bertz CT molecular complexity index is 448. The van der Waals surface area contributed by atoms with Gasteiger partial charge in [0.25, 0.3) is 5.91 Å². The fourth-order valence-corrected chi connectivity index (χ4v) is 2.69. The molecule has 0 spiro atoms. The first-order valence-corrected chi connectivity index (χ1v) is 7.81. The van der Waals surface area contributed by atoms with E-state index in [0.717, 1.165) is 32.5 Å². The molecule has 1 aliphatic heterocycles. The summed E-state index contributed by atoms with van der Waals surface area (Å²) in [5.41, 5.74) is 1.95. The summed E-state index contributed by atoms with van der Waals surface area (Å²) in [5.74, 6) is 0.462. The molecule has 1 aromatic rings. The van der Waals surface area contributed by atoms with Crippen molar-refractivity contribution < 1.29 is 9.90 Å². The molecule has 0 atom stereocenters. The van der Waals surface area contributed by atoms with E-state index in [9.17, 15) is 4.79 Å². The minimum atomic E-state index is -0.0136. The standard InChI is InChI=1S/C17H26N2O2/c1-13(2)18-17(21)16-5-3-14(4-6-16)11-19-9-7-15(12-20)8-10-19/h3-6,13,15,20H,7-12H2,1-2H3,(H,18,21). The number of hydrogen-bond donors (Lipinski definition) is 2. The van der Waals surface area contributed by atoms with Gasteiger partial charge in [-0.15, -0.1) is 0 Å². The van der Waals surface area contributed by atoms with Crippen LogP contribution in [0.4, 0.5) is 0 Å². The second-order valence-corrected chi connectivity index (χ2v) is 6.23. The average Bonchev–Trinajstić information content (AvgIpc) is 2.48. The van der Waals surface area contributed by atoms with E-state index >= 15 is 0 Å². The van der Waals surface area contributed by atoms with E-state index < -0.39 is 0 Å². The molecule has 4 heteroatoms. The number of benzene rings is 1. The van der Waals surface area contributed by atoms with Gasteiger partial charge in [-0.1, -0.05) is 12.1 Å². The molecule has 0 radical (unpaired) electrons. The normalized spacial score (nSPS) is 17.1. The second kappa shape index (κ2) is 7.57. The fourth-order valence-electron chi connectivity index (χ4n) is 2.69. The highest BCUT2D eigenvalue weighted by molar-refractivity contribution is 5.94. The maximum absolute atomic E-state index is 11.9. The molecular weight excluding hydrogens is 264 g/mol. The molecule has 2 N–H and O–H groups in total. The van der Waals surface area contributed by atoms with E-state index in [1.807, 2.05) is 38.1 Å². The zero-order valence-electron chi connectivity index (χ0n) is 13.0. The Morgan fingerprint density at radius 2 is 1.90 bits per heavy atom. The van der Waals surface area contributed by atoms with Crippen LogP contribution in [0.1, 0.15) is 42.6 Å². The highest BCUT2D eigenvalue weighted by Crippen LogP contribution is 2.18. The lowest BCUT2D eigenvalue weighted by Crippen LogP contribution is -2.34. The molecule has 1 amide bonds. The van der Waals surface area contributed by atoms with Crippen LogP contribution < -0.4 is 5.32 Å². The first-order chi connectivity index (χ1) is 10.1. The van der Waals surface area contributed by atoms with Crippen molar-refractivity contribution in [1.29, 1.82) is 0 Å². The van der Waals surface area contributed by atoms with Crippen LogP contribution in [0.5, 0.6) is 0 Å². The quantitative estimate of drug-likeness (QED) is 0.872. The largest absolute Gasteiger partial charge is 0.396 e. The molecule has 2 rings (SSSR count). The third-order valence-corrected chi connectivity index (χ3v) is 4.01. The molecule has 1 saturated heterocycles. The van der Waals surface area contributed by atoms with E-state index in [1.165, 1.54) is 5.56 Å². The van der Waals surface area contributed by atoms with Crippen LogP contribution in [0.15, 0.2) is 24.3 Å². The molecule has 0 aliphatic carbocycles. The summed E-state index contributed by atoms with van der Waals surface area (Å²) in [5, 5.41) is 12.1. The molecule has 1 heterocycles. The predicted octanol–water partition coefficient (Wildman–Crippen LogP) is 2.03. The second-order valence-electron chi connectivity index (χ2n) is 6.23. The lowest BCUT2D eigenvalue weighted by atomic mass is 9.97. The van der Waals surface area contributed by atoms with Crippen LogP contribution in [-0.2, 0) is 6.54 Å². The predicted molar refractivity (Wildman–Crippen MR) is 84.1 cm³/mol. The van der Waals surface area contributed by atoms with Crippen LogP contribution in [0, 0.1) is 5.92 Å². The highest BCUT2D eigenvalue weighted by atomic mass is 16.3. The summed E-state index contributed by atoms with van der Waals surface area (Å²) in [6.45, 7) is 7.24. The Morgan fingerprint density at radius 3 is 2.43 bits per heavy atom. The Morgan fingerprint density at radius 1 is 1.29 bits per heavy atom. The number of piperidine rings is 1. The van der Waals surface area contributed by atoms with Gasteiger partial charge in [-0.2, -0.15) is 0 Å². The van der Waals surface area contributed by atoms with Gasteiger partial charge in [-0.25, -0.2) is 0 Å². The SMILES string of the molecule is CC(C)NC(=O)c1ccc(CN2CCC(CO)CC2)cc1. The van der Waals surface area contributed by atoms with E-state index in [1.54, 1.807) is 0 Å². The summed E-state index contributed by atoms with van der Waals surface area (Å²) in [6.07, 6.45) is 2.15. The van der Waals surface area contributed by atoms with E-state index in [0.29, 0.717) is 18.1 Å². The molecule has 116 valence electrons. The summed E-state index contributed by atoms with van der Waals surface area (Å²) in [7, 11) is 0. The number of likely N-dealkylation sites (tertiary alicyclic amines) is 1. The van der Waals surface area contributed by atoms with Crippen LogP contribution >= 0.6 is 0 Å². The number of aliphatic hydroxyl groups excluding tert-OH is 1. The Labute approximate surface area is 127 Å². The lowest BCUT2D eigenvalue weighted by molar-refractivity contribution is 0.0943. The highest BCUT2D eigenvalue weighted by Gasteiger charge is 2.18. The van der Waals surface area contributed by atoms with Gasteiger partial charge in [0.2, 0.25) is 0 Å². The number of carbonyl (C=O) groups is 1. The van der Waals surface area contributed by atoms with Gasteiger partial charge in [-0.3, -0.25) is 9.69 Å². The monoisotopic (exact) mass is 290 g/mol. The van der Waals surface area contributed by atoms with Gasteiger partial charge in [0.05, 0.1) is 0 Å². The van der Waals surface area contributed by atoms with Gasteiger partial charge < -0.3 is 10.4 Å². The van der Waals surface area contributed by atoms with Gasteiger partial charge in [0, 0.05) is 24.8 Å². The Kier molecular flexibility index (Phi) is 5.76. The van der Waals surface area contributed by atoms with Crippen molar-refractivity contribution in [2.75, 3.05) is 19.7 Å². The van der Waals surface area contributed by atoms with Gasteiger partial charge in [0.1, 0.15) is 0 Å². The minimum absolute atomic E-state index is 0.0136. The fraction of sp³-hybridized carbons (Fsp3) is 0.588. The van der Waals surface area contributed by atoms with Crippen molar-refractivity contribution in [1.82, 2.24) is 10.2 Å². The van der Waals surface area contributed by atoms with Crippen molar-refractivity contribution in [2.24, 2.45) is 5.92 Å². The van der Waals surface area contributed by atoms with Gasteiger partial charge >= 0.3 is 0 Å².